The molecule has 0 saturated carbocycles. The van der Waals surface area contributed by atoms with Gasteiger partial charge in [-0.05, 0) is 37.1 Å². The van der Waals surface area contributed by atoms with Crippen molar-refractivity contribution in [2.75, 3.05) is 20.2 Å². The van der Waals surface area contributed by atoms with Crippen molar-refractivity contribution in [3.8, 4) is 5.75 Å². The molecular formula is C22H23N3O5S. The number of nitrogens with one attached hydrogen (secondary N) is 2. The van der Waals surface area contributed by atoms with Crippen molar-refractivity contribution in [1.29, 1.82) is 0 Å². The van der Waals surface area contributed by atoms with Gasteiger partial charge in [0.25, 0.3) is 5.91 Å². The Labute approximate surface area is 179 Å². The molecule has 162 valence electrons. The Balaban J connectivity index is 1.69. The lowest BCUT2D eigenvalue weighted by molar-refractivity contribution is 0.0952. The minimum absolute atomic E-state index is 0.104. The number of aromatic nitrogens is 1. The van der Waals surface area contributed by atoms with Crippen LogP contribution in [0.15, 0.2) is 58.2 Å². The third kappa shape index (κ3) is 4.19. The van der Waals surface area contributed by atoms with Crippen molar-refractivity contribution < 1.29 is 17.9 Å². The van der Waals surface area contributed by atoms with Gasteiger partial charge in [-0.3, -0.25) is 9.59 Å². The summed E-state index contributed by atoms with van der Waals surface area (Å²) in [5.74, 6) is 0.162. The third-order valence-electron chi connectivity index (χ3n) is 5.39. The summed E-state index contributed by atoms with van der Waals surface area (Å²) in [6.07, 6.45) is 1.66. The highest BCUT2D eigenvalue weighted by Gasteiger charge is 2.27. The number of sulfonamides is 1. The number of amides is 1. The fraction of sp³-hybridized carbons (Fsp3) is 0.273. The van der Waals surface area contributed by atoms with Gasteiger partial charge < -0.3 is 15.0 Å². The van der Waals surface area contributed by atoms with E-state index in [0.717, 1.165) is 18.4 Å². The number of rotatable bonds is 6. The molecule has 0 spiro atoms. The number of hydrogen-bond donors (Lipinski definition) is 2. The maximum atomic E-state index is 12.9. The Morgan fingerprint density at radius 3 is 2.61 bits per heavy atom. The van der Waals surface area contributed by atoms with Crippen LogP contribution in [0, 0.1) is 0 Å². The van der Waals surface area contributed by atoms with Crippen LogP contribution < -0.4 is 15.6 Å². The number of carbonyl (C=O) groups excluding carboxylic acids is 1. The minimum Gasteiger partial charge on any atom is -0.496 e. The van der Waals surface area contributed by atoms with Crippen LogP contribution in [0.25, 0.3) is 10.9 Å². The number of aromatic amines is 1. The highest BCUT2D eigenvalue weighted by atomic mass is 32.2. The van der Waals surface area contributed by atoms with E-state index in [-0.39, 0.29) is 17.0 Å². The molecule has 2 N–H and O–H groups in total. The second-order valence-corrected chi connectivity index (χ2v) is 9.30. The number of fused-ring (bicyclic) bond motifs is 1. The smallest absolute Gasteiger partial charge is 0.252 e. The molecule has 1 aromatic heterocycles. The maximum Gasteiger partial charge on any atom is 0.252 e. The number of pyridine rings is 1. The molecule has 3 aromatic rings. The first kappa shape index (κ1) is 21.1. The van der Waals surface area contributed by atoms with Crippen LogP contribution in [-0.4, -0.2) is 43.8 Å². The van der Waals surface area contributed by atoms with Crippen LogP contribution in [0.1, 0.15) is 28.8 Å². The molecule has 0 bridgehead atoms. The van der Waals surface area contributed by atoms with E-state index < -0.39 is 21.5 Å². The molecular weight excluding hydrogens is 418 g/mol. The number of ether oxygens (including phenoxy) is 1. The second-order valence-electron chi connectivity index (χ2n) is 7.36. The Morgan fingerprint density at radius 1 is 1.13 bits per heavy atom. The Kier molecular flexibility index (Phi) is 5.79. The van der Waals surface area contributed by atoms with E-state index >= 15 is 0 Å². The first-order valence-electron chi connectivity index (χ1n) is 9.97. The van der Waals surface area contributed by atoms with Crippen molar-refractivity contribution >= 4 is 26.8 Å². The fourth-order valence-corrected chi connectivity index (χ4v) is 5.32. The summed E-state index contributed by atoms with van der Waals surface area (Å²) in [6, 6.07) is 12.9. The Bertz CT molecular complexity index is 1290. The van der Waals surface area contributed by atoms with Gasteiger partial charge in [-0.2, -0.15) is 4.31 Å². The molecule has 0 radical (unpaired) electrons. The molecule has 4 rings (SSSR count). The van der Waals surface area contributed by atoms with E-state index in [0.29, 0.717) is 29.7 Å². The van der Waals surface area contributed by atoms with Crippen molar-refractivity contribution in [3.05, 3.63) is 70.0 Å². The Morgan fingerprint density at radius 2 is 1.87 bits per heavy atom. The van der Waals surface area contributed by atoms with Crippen LogP contribution in [-0.2, 0) is 16.6 Å². The van der Waals surface area contributed by atoms with Crippen molar-refractivity contribution in [2.45, 2.75) is 24.3 Å². The lowest BCUT2D eigenvalue weighted by Gasteiger charge is -2.16. The quantitative estimate of drug-likeness (QED) is 0.610. The topological polar surface area (TPSA) is 109 Å². The van der Waals surface area contributed by atoms with Crippen LogP contribution >= 0.6 is 0 Å². The van der Waals surface area contributed by atoms with Crippen LogP contribution in [0.2, 0.25) is 0 Å². The van der Waals surface area contributed by atoms with E-state index in [1.54, 1.807) is 13.2 Å². The van der Waals surface area contributed by atoms with Gasteiger partial charge in [0.1, 0.15) is 5.75 Å². The van der Waals surface area contributed by atoms with E-state index in [2.05, 4.69) is 10.3 Å². The molecule has 9 heteroatoms. The van der Waals surface area contributed by atoms with Gasteiger partial charge in [-0.15, -0.1) is 0 Å². The van der Waals surface area contributed by atoms with Gasteiger partial charge in [0, 0.05) is 42.2 Å². The van der Waals surface area contributed by atoms with Crippen molar-refractivity contribution in [1.82, 2.24) is 14.6 Å². The maximum absolute atomic E-state index is 12.9. The molecule has 1 amide bonds. The van der Waals surface area contributed by atoms with Crippen molar-refractivity contribution in [2.24, 2.45) is 0 Å². The summed E-state index contributed by atoms with van der Waals surface area (Å²) in [7, 11) is -2.11. The van der Waals surface area contributed by atoms with Gasteiger partial charge >= 0.3 is 0 Å². The number of H-pyrrole nitrogens is 1. The van der Waals surface area contributed by atoms with E-state index in [9.17, 15) is 18.0 Å². The monoisotopic (exact) mass is 441 g/mol. The number of benzene rings is 2. The summed E-state index contributed by atoms with van der Waals surface area (Å²) in [6.45, 7) is 1.17. The number of methoxy groups -OCH3 is 1. The summed E-state index contributed by atoms with van der Waals surface area (Å²) in [5, 5.41) is 3.16. The number of hydrogen-bond acceptors (Lipinski definition) is 5. The van der Waals surface area contributed by atoms with Gasteiger partial charge in [-0.25, -0.2) is 8.42 Å². The highest BCUT2D eigenvalue weighted by molar-refractivity contribution is 7.89. The first-order valence-corrected chi connectivity index (χ1v) is 11.4. The molecule has 1 saturated heterocycles. The van der Waals surface area contributed by atoms with Gasteiger partial charge in [0.15, 0.2) is 0 Å². The van der Waals surface area contributed by atoms with Crippen LogP contribution in [0.5, 0.6) is 5.75 Å². The van der Waals surface area contributed by atoms with Gasteiger partial charge in [0.2, 0.25) is 15.6 Å². The zero-order chi connectivity index (χ0) is 22.0. The number of carbonyl (C=O) groups is 1. The molecule has 2 heterocycles. The van der Waals surface area contributed by atoms with E-state index in [1.165, 1.54) is 28.6 Å². The van der Waals surface area contributed by atoms with Crippen LogP contribution in [0.3, 0.4) is 0 Å². The predicted octanol–water partition coefficient (Wildman–Crippen LogP) is 2.25. The number of para-hydroxylation sites is 1. The second kappa shape index (κ2) is 8.52. The van der Waals surface area contributed by atoms with E-state index in [4.69, 9.17) is 4.74 Å². The Hall–Kier alpha value is -3.17. The summed E-state index contributed by atoms with van der Waals surface area (Å²) < 4.78 is 32.6. The zero-order valence-electron chi connectivity index (χ0n) is 17.1. The average molecular weight is 442 g/mol. The van der Waals surface area contributed by atoms with Crippen LogP contribution in [0.4, 0.5) is 0 Å². The highest BCUT2D eigenvalue weighted by Crippen LogP contribution is 2.25. The average Bonchev–Trinajstić information content (AvgIpc) is 3.32. The molecule has 0 unspecified atom stereocenters. The molecule has 8 nitrogen and oxygen atoms in total. The first-order chi connectivity index (χ1) is 14.9. The normalized spacial score (nSPS) is 14.6. The molecule has 0 aliphatic carbocycles. The predicted molar refractivity (Wildman–Crippen MR) is 117 cm³/mol. The molecule has 1 fully saturated rings. The third-order valence-corrected chi connectivity index (χ3v) is 7.29. The van der Waals surface area contributed by atoms with Gasteiger partial charge in [-0.1, -0.05) is 18.2 Å². The van der Waals surface area contributed by atoms with E-state index in [1.807, 2.05) is 18.2 Å². The molecule has 1 aliphatic heterocycles. The molecule has 2 aromatic carbocycles. The standard InChI is InChI=1S/C22H23N3O5S/c1-30-20-7-3-2-6-15(20)14-23-22(27)18-13-21(26)24-19-9-8-16(12-17(18)19)31(28,29)25-10-4-5-11-25/h2-3,6-9,12-13H,4-5,10-11,14H2,1H3,(H,23,27)(H,24,26). The molecule has 0 atom stereocenters. The summed E-state index contributed by atoms with van der Waals surface area (Å²) in [5.41, 5.74) is 0.859. The van der Waals surface area contributed by atoms with Gasteiger partial charge in [0.05, 0.1) is 17.6 Å². The largest absolute Gasteiger partial charge is 0.496 e. The van der Waals surface area contributed by atoms with Crippen molar-refractivity contribution in [3.63, 3.8) is 0 Å². The summed E-state index contributed by atoms with van der Waals surface area (Å²) in [4.78, 5) is 27.8. The molecule has 1 aliphatic rings. The lowest BCUT2D eigenvalue weighted by atomic mass is 10.1. The fourth-order valence-electron chi connectivity index (χ4n) is 3.78. The zero-order valence-corrected chi connectivity index (χ0v) is 17.9. The SMILES string of the molecule is COc1ccccc1CNC(=O)c1cc(=O)[nH]c2ccc(S(=O)(=O)N3CCCC3)cc12. The minimum atomic E-state index is -3.65. The lowest BCUT2D eigenvalue weighted by Crippen LogP contribution is -2.28. The molecule has 31 heavy (non-hydrogen) atoms. The number of nitrogens with zero attached hydrogens (tertiary/aromatic N) is 1. The summed E-state index contributed by atoms with van der Waals surface area (Å²) >= 11 is 0.